The fraction of sp³-hybridized carbons (Fsp3) is 0.500. The van der Waals surface area contributed by atoms with Crippen LogP contribution in [0, 0.1) is 0 Å². The van der Waals surface area contributed by atoms with Crippen LogP contribution in [0.15, 0.2) is 31.3 Å². The lowest BCUT2D eigenvalue weighted by Crippen LogP contribution is -2.36. The molecule has 0 aromatic carbocycles. The minimum absolute atomic E-state index is 0.442. The van der Waals surface area contributed by atoms with Crippen LogP contribution in [0.4, 0.5) is 0 Å². The summed E-state index contributed by atoms with van der Waals surface area (Å²) in [5.41, 5.74) is 3.08. The Morgan fingerprint density at radius 3 is 2.17 bits per heavy atom. The van der Waals surface area contributed by atoms with Crippen LogP contribution in [0.3, 0.4) is 0 Å². The van der Waals surface area contributed by atoms with E-state index in [9.17, 15) is 8.42 Å². The summed E-state index contributed by atoms with van der Waals surface area (Å²) in [6.07, 6.45) is 4.31. The molecule has 18 heavy (non-hydrogen) atoms. The van der Waals surface area contributed by atoms with Crippen LogP contribution in [0.25, 0.3) is 0 Å². The van der Waals surface area contributed by atoms with Crippen molar-refractivity contribution >= 4 is 37.3 Å². The van der Waals surface area contributed by atoms with Gasteiger partial charge in [0.05, 0.1) is 3.79 Å². The van der Waals surface area contributed by atoms with Gasteiger partial charge in [-0.15, -0.1) is 11.3 Å². The van der Waals surface area contributed by atoms with Crippen LogP contribution < -0.4 is 0 Å². The third-order valence-corrected chi connectivity index (χ3v) is 7.46. The number of allylic oxidation sites excluding steroid dienone is 1. The molecule has 1 saturated carbocycles. The van der Waals surface area contributed by atoms with E-state index in [0.29, 0.717) is 17.3 Å². The first kappa shape index (κ1) is 12.8. The van der Waals surface area contributed by atoms with Crippen LogP contribution in [0.5, 0.6) is 0 Å². The van der Waals surface area contributed by atoms with Gasteiger partial charge in [-0.05, 0) is 53.7 Å². The minimum Gasteiger partial charge on any atom is -0.206 e. The molecule has 0 bridgehead atoms. The predicted molar refractivity (Wildman–Crippen MR) is 76.3 cm³/mol. The molecule has 1 aromatic heterocycles. The highest BCUT2D eigenvalue weighted by atomic mass is 79.9. The van der Waals surface area contributed by atoms with E-state index in [1.54, 1.807) is 22.0 Å². The Balaban J connectivity index is 1.77. The van der Waals surface area contributed by atoms with Gasteiger partial charge in [0, 0.05) is 13.1 Å². The number of hydrogen-bond donors (Lipinski definition) is 0. The molecular formula is C12H14BrNO2S2. The summed E-state index contributed by atoms with van der Waals surface area (Å²) in [7, 11) is -3.27. The third kappa shape index (κ3) is 2.43. The van der Waals surface area contributed by atoms with Gasteiger partial charge in [-0.1, -0.05) is 11.1 Å². The fourth-order valence-electron chi connectivity index (χ4n) is 2.33. The summed E-state index contributed by atoms with van der Waals surface area (Å²) in [5.74, 6) is 0. The van der Waals surface area contributed by atoms with Gasteiger partial charge in [-0.2, -0.15) is 4.31 Å². The zero-order valence-corrected chi connectivity index (χ0v) is 13.1. The zero-order chi connectivity index (χ0) is 12.8. The van der Waals surface area contributed by atoms with Crippen molar-refractivity contribution in [3.05, 3.63) is 27.1 Å². The van der Waals surface area contributed by atoms with Gasteiger partial charge >= 0.3 is 0 Å². The zero-order valence-electron chi connectivity index (χ0n) is 9.86. The number of piperidine rings is 1. The molecule has 0 atom stereocenters. The van der Waals surface area contributed by atoms with Gasteiger partial charge in [-0.25, -0.2) is 8.42 Å². The van der Waals surface area contributed by atoms with E-state index < -0.39 is 10.0 Å². The molecule has 2 fully saturated rings. The average molecular weight is 348 g/mol. The van der Waals surface area contributed by atoms with Crippen molar-refractivity contribution in [3.8, 4) is 0 Å². The van der Waals surface area contributed by atoms with Crippen LogP contribution in [0.2, 0.25) is 0 Å². The number of halogens is 1. The highest BCUT2D eigenvalue weighted by Gasteiger charge is 2.30. The molecule has 0 spiro atoms. The van der Waals surface area contributed by atoms with Crippen LogP contribution in [0.1, 0.15) is 25.7 Å². The van der Waals surface area contributed by atoms with Gasteiger partial charge in [0.25, 0.3) is 10.0 Å². The molecule has 3 rings (SSSR count). The maximum atomic E-state index is 12.4. The van der Waals surface area contributed by atoms with Gasteiger partial charge in [0.15, 0.2) is 0 Å². The summed E-state index contributed by atoms with van der Waals surface area (Å²) in [6.45, 7) is 1.27. The highest BCUT2D eigenvalue weighted by Crippen LogP contribution is 2.37. The van der Waals surface area contributed by atoms with Crippen molar-refractivity contribution in [1.82, 2.24) is 4.31 Å². The summed E-state index contributed by atoms with van der Waals surface area (Å²) < 4.78 is 27.7. The SMILES string of the molecule is O=S(=O)(c1ccc(Br)s1)N1CCC(=C2CC2)CC1. The first-order chi connectivity index (χ1) is 8.57. The van der Waals surface area contributed by atoms with E-state index in [2.05, 4.69) is 15.9 Å². The van der Waals surface area contributed by atoms with E-state index in [0.717, 1.165) is 16.6 Å². The predicted octanol–water partition coefficient (Wildman–Crippen LogP) is 3.39. The summed E-state index contributed by atoms with van der Waals surface area (Å²) in [6, 6.07) is 3.47. The lowest BCUT2D eigenvalue weighted by molar-refractivity contribution is 0.387. The second-order valence-electron chi connectivity index (χ2n) is 4.67. The molecule has 1 saturated heterocycles. The van der Waals surface area contributed by atoms with Crippen molar-refractivity contribution < 1.29 is 8.42 Å². The Morgan fingerprint density at radius 2 is 1.67 bits per heavy atom. The Kier molecular flexibility index (Phi) is 3.38. The maximum absolute atomic E-state index is 12.4. The van der Waals surface area contributed by atoms with Gasteiger partial charge in [0.2, 0.25) is 0 Å². The molecule has 6 heteroatoms. The molecule has 3 nitrogen and oxygen atoms in total. The third-order valence-electron chi connectivity index (χ3n) is 3.47. The van der Waals surface area contributed by atoms with E-state index >= 15 is 0 Å². The number of sulfonamides is 1. The Hall–Kier alpha value is -0.170. The molecule has 0 unspecified atom stereocenters. The molecule has 1 aliphatic carbocycles. The number of thiophene rings is 1. The van der Waals surface area contributed by atoms with Crippen LogP contribution in [-0.4, -0.2) is 25.8 Å². The molecule has 0 N–H and O–H groups in total. The largest absolute Gasteiger partial charge is 0.252 e. The van der Waals surface area contributed by atoms with E-state index in [1.165, 1.54) is 29.8 Å². The Morgan fingerprint density at radius 1 is 1.06 bits per heavy atom. The topological polar surface area (TPSA) is 37.4 Å². The van der Waals surface area contributed by atoms with E-state index in [4.69, 9.17) is 0 Å². The molecule has 1 aliphatic heterocycles. The normalized spacial score (nSPS) is 21.4. The second-order valence-corrected chi connectivity index (χ2v) is 9.30. The minimum atomic E-state index is -3.27. The van der Waals surface area contributed by atoms with Gasteiger partial charge < -0.3 is 0 Å². The van der Waals surface area contributed by atoms with Crippen molar-refractivity contribution in [2.45, 2.75) is 29.9 Å². The van der Waals surface area contributed by atoms with Crippen LogP contribution in [-0.2, 0) is 10.0 Å². The fourth-order valence-corrected chi connectivity index (χ4v) is 5.94. The standard InChI is InChI=1S/C12H14BrNO2S2/c13-11-3-4-12(17-11)18(15,16)14-7-5-10(6-8-14)9-1-2-9/h3-4H,1-2,5-8H2. The first-order valence-corrected chi connectivity index (χ1v) is 9.07. The molecule has 0 amide bonds. The lowest BCUT2D eigenvalue weighted by Gasteiger charge is -2.27. The van der Waals surface area contributed by atoms with Gasteiger partial charge in [0.1, 0.15) is 4.21 Å². The van der Waals surface area contributed by atoms with Crippen molar-refractivity contribution in [2.75, 3.05) is 13.1 Å². The first-order valence-electron chi connectivity index (χ1n) is 6.02. The smallest absolute Gasteiger partial charge is 0.206 e. The molecule has 2 heterocycles. The van der Waals surface area contributed by atoms with Crippen LogP contribution >= 0.6 is 27.3 Å². The number of nitrogens with zero attached hydrogens (tertiary/aromatic N) is 1. The van der Waals surface area contributed by atoms with E-state index in [1.807, 2.05) is 0 Å². The molecule has 0 radical (unpaired) electrons. The van der Waals surface area contributed by atoms with Crippen molar-refractivity contribution in [2.24, 2.45) is 0 Å². The maximum Gasteiger partial charge on any atom is 0.252 e. The molecule has 2 aliphatic rings. The molecule has 98 valence electrons. The molecule has 1 aromatic rings. The molecular weight excluding hydrogens is 334 g/mol. The van der Waals surface area contributed by atoms with Crippen molar-refractivity contribution in [1.29, 1.82) is 0 Å². The van der Waals surface area contributed by atoms with Crippen molar-refractivity contribution in [3.63, 3.8) is 0 Å². The van der Waals surface area contributed by atoms with E-state index in [-0.39, 0.29) is 0 Å². The Labute approximate surface area is 120 Å². The lowest BCUT2D eigenvalue weighted by atomic mass is 10.1. The summed E-state index contributed by atoms with van der Waals surface area (Å²) in [4.78, 5) is 0. The quantitative estimate of drug-likeness (QED) is 0.769. The summed E-state index contributed by atoms with van der Waals surface area (Å²) in [5, 5.41) is 0. The second kappa shape index (κ2) is 4.74. The van der Waals surface area contributed by atoms with Gasteiger partial charge in [-0.3, -0.25) is 0 Å². The monoisotopic (exact) mass is 347 g/mol. The Bertz CT molecular complexity index is 587. The average Bonchev–Trinajstić information content (AvgIpc) is 3.11. The number of hydrogen-bond acceptors (Lipinski definition) is 3. The number of rotatable bonds is 2. The highest BCUT2D eigenvalue weighted by molar-refractivity contribution is 9.11. The summed E-state index contributed by atoms with van der Waals surface area (Å²) >= 11 is 4.60.